The van der Waals surface area contributed by atoms with E-state index >= 15 is 0 Å². The SMILES string of the molecule is COC(=O)[C@H]1C[C@H]([C@@H](O)C(=O)OC)C1(C)C. The van der Waals surface area contributed by atoms with Crippen LogP contribution in [0.1, 0.15) is 20.3 Å². The molecule has 1 aliphatic carbocycles. The van der Waals surface area contributed by atoms with Crippen LogP contribution in [0.3, 0.4) is 0 Å². The van der Waals surface area contributed by atoms with Crippen molar-refractivity contribution in [1.29, 1.82) is 0 Å². The van der Waals surface area contributed by atoms with Gasteiger partial charge in [0.1, 0.15) is 0 Å². The maximum absolute atomic E-state index is 11.4. The van der Waals surface area contributed by atoms with Gasteiger partial charge < -0.3 is 14.6 Å². The van der Waals surface area contributed by atoms with Crippen LogP contribution in [0, 0.1) is 17.3 Å². The van der Waals surface area contributed by atoms with Crippen LogP contribution in [0.4, 0.5) is 0 Å². The van der Waals surface area contributed by atoms with Crippen molar-refractivity contribution >= 4 is 11.9 Å². The normalized spacial score (nSPS) is 28.8. The van der Waals surface area contributed by atoms with Crippen LogP contribution in [-0.2, 0) is 19.1 Å². The molecule has 16 heavy (non-hydrogen) atoms. The molecule has 92 valence electrons. The summed E-state index contributed by atoms with van der Waals surface area (Å²) in [7, 11) is 2.57. The zero-order valence-corrected chi connectivity index (χ0v) is 10.0. The minimum Gasteiger partial charge on any atom is -0.469 e. The molecule has 5 nitrogen and oxygen atoms in total. The first kappa shape index (κ1) is 13.0. The van der Waals surface area contributed by atoms with Gasteiger partial charge in [-0.2, -0.15) is 0 Å². The first-order valence-corrected chi connectivity index (χ1v) is 5.20. The Hall–Kier alpha value is -1.10. The summed E-state index contributed by atoms with van der Waals surface area (Å²) in [6, 6.07) is 0. The molecule has 0 aromatic heterocycles. The molecule has 0 amide bonds. The highest BCUT2D eigenvalue weighted by Gasteiger charge is 2.56. The molecule has 0 bridgehead atoms. The highest BCUT2D eigenvalue weighted by atomic mass is 16.5. The lowest BCUT2D eigenvalue weighted by Crippen LogP contribution is -2.55. The van der Waals surface area contributed by atoms with Crippen LogP contribution in [0.2, 0.25) is 0 Å². The van der Waals surface area contributed by atoms with Gasteiger partial charge in [-0.15, -0.1) is 0 Å². The van der Waals surface area contributed by atoms with E-state index < -0.39 is 17.5 Å². The van der Waals surface area contributed by atoms with Gasteiger partial charge in [-0.05, 0) is 11.8 Å². The molecule has 1 fully saturated rings. The maximum atomic E-state index is 11.4. The Labute approximate surface area is 94.7 Å². The van der Waals surface area contributed by atoms with Crippen LogP contribution in [0.25, 0.3) is 0 Å². The molecule has 0 saturated heterocycles. The van der Waals surface area contributed by atoms with E-state index in [1.807, 2.05) is 13.8 Å². The molecule has 0 radical (unpaired) electrons. The van der Waals surface area contributed by atoms with Crippen LogP contribution >= 0.6 is 0 Å². The summed E-state index contributed by atoms with van der Waals surface area (Å²) in [5.41, 5.74) is -0.444. The molecule has 0 aromatic carbocycles. The molecule has 1 aliphatic rings. The third-order valence-corrected chi connectivity index (χ3v) is 3.65. The number of aliphatic hydroxyl groups is 1. The summed E-state index contributed by atoms with van der Waals surface area (Å²) in [6.07, 6.45) is -0.712. The molecule has 1 N–H and O–H groups in total. The highest BCUT2D eigenvalue weighted by Crippen LogP contribution is 2.53. The van der Waals surface area contributed by atoms with Gasteiger partial charge in [-0.25, -0.2) is 4.79 Å². The van der Waals surface area contributed by atoms with E-state index in [1.165, 1.54) is 14.2 Å². The number of methoxy groups -OCH3 is 2. The van der Waals surface area contributed by atoms with Crippen molar-refractivity contribution in [1.82, 2.24) is 0 Å². The highest BCUT2D eigenvalue weighted by molar-refractivity contribution is 5.78. The van der Waals surface area contributed by atoms with Gasteiger partial charge in [0.25, 0.3) is 0 Å². The topological polar surface area (TPSA) is 72.8 Å². The van der Waals surface area contributed by atoms with Crippen LogP contribution < -0.4 is 0 Å². The summed E-state index contributed by atoms with van der Waals surface area (Å²) in [6.45, 7) is 3.68. The number of ether oxygens (including phenoxy) is 2. The minimum absolute atomic E-state index is 0.260. The number of carbonyl (C=O) groups is 2. The second-order valence-electron chi connectivity index (χ2n) is 4.71. The Morgan fingerprint density at radius 1 is 1.31 bits per heavy atom. The van der Waals surface area contributed by atoms with E-state index in [4.69, 9.17) is 0 Å². The summed E-state index contributed by atoms with van der Waals surface area (Å²) in [5.74, 6) is -1.47. The largest absolute Gasteiger partial charge is 0.469 e. The Morgan fingerprint density at radius 3 is 2.25 bits per heavy atom. The lowest BCUT2D eigenvalue weighted by molar-refractivity contribution is -0.181. The van der Waals surface area contributed by atoms with Crippen molar-refractivity contribution in [2.75, 3.05) is 14.2 Å². The maximum Gasteiger partial charge on any atom is 0.334 e. The van der Waals surface area contributed by atoms with E-state index in [0.29, 0.717) is 6.42 Å². The van der Waals surface area contributed by atoms with Gasteiger partial charge in [-0.3, -0.25) is 4.79 Å². The number of hydrogen-bond donors (Lipinski definition) is 1. The molecular weight excluding hydrogens is 212 g/mol. The zero-order chi connectivity index (χ0) is 12.5. The predicted octanol–water partition coefficient (Wildman–Crippen LogP) is 0.356. The average molecular weight is 230 g/mol. The fourth-order valence-corrected chi connectivity index (χ4v) is 2.32. The summed E-state index contributed by atoms with van der Waals surface area (Å²) < 4.78 is 9.15. The molecule has 0 spiro atoms. The fourth-order valence-electron chi connectivity index (χ4n) is 2.32. The van der Waals surface area contributed by atoms with Crippen LogP contribution in [-0.4, -0.2) is 37.4 Å². The quantitative estimate of drug-likeness (QED) is 0.708. The number of hydrogen-bond acceptors (Lipinski definition) is 5. The first-order chi connectivity index (χ1) is 7.36. The molecule has 0 aromatic rings. The van der Waals surface area contributed by atoms with Crippen molar-refractivity contribution in [3.8, 4) is 0 Å². The summed E-state index contributed by atoms with van der Waals surface area (Å²) >= 11 is 0. The third-order valence-electron chi connectivity index (χ3n) is 3.65. The van der Waals surface area contributed by atoms with Gasteiger partial charge >= 0.3 is 11.9 Å². The van der Waals surface area contributed by atoms with Crippen LogP contribution in [0.5, 0.6) is 0 Å². The average Bonchev–Trinajstić information content (AvgIpc) is 2.25. The second kappa shape index (κ2) is 4.41. The minimum atomic E-state index is -1.17. The molecule has 0 heterocycles. The van der Waals surface area contributed by atoms with E-state index in [-0.39, 0.29) is 17.8 Å². The van der Waals surface area contributed by atoms with E-state index in [2.05, 4.69) is 9.47 Å². The Bertz CT molecular complexity index is 297. The fraction of sp³-hybridized carbons (Fsp3) is 0.818. The number of aliphatic hydroxyl groups excluding tert-OH is 1. The lowest BCUT2D eigenvalue weighted by Gasteiger charge is -2.51. The Morgan fingerprint density at radius 2 is 1.88 bits per heavy atom. The molecule has 0 aliphatic heterocycles. The smallest absolute Gasteiger partial charge is 0.334 e. The molecule has 1 rings (SSSR count). The third kappa shape index (κ3) is 1.91. The molecule has 3 atom stereocenters. The first-order valence-electron chi connectivity index (χ1n) is 5.20. The van der Waals surface area contributed by atoms with Crippen molar-refractivity contribution in [2.24, 2.45) is 17.3 Å². The molecule has 5 heteroatoms. The second-order valence-corrected chi connectivity index (χ2v) is 4.71. The zero-order valence-electron chi connectivity index (χ0n) is 10.0. The molecule has 1 saturated carbocycles. The lowest BCUT2D eigenvalue weighted by atomic mass is 9.53. The number of carbonyl (C=O) groups excluding carboxylic acids is 2. The van der Waals surface area contributed by atoms with Crippen LogP contribution in [0.15, 0.2) is 0 Å². The summed E-state index contributed by atoms with van der Waals surface area (Å²) in [4.78, 5) is 22.6. The van der Waals surface area contributed by atoms with Crippen molar-refractivity contribution in [3.05, 3.63) is 0 Å². The number of rotatable bonds is 3. The van der Waals surface area contributed by atoms with E-state index in [9.17, 15) is 14.7 Å². The number of esters is 2. The van der Waals surface area contributed by atoms with Crippen molar-refractivity contribution < 1.29 is 24.2 Å². The van der Waals surface area contributed by atoms with E-state index in [0.717, 1.165) is 0 Å². The Balaban J connectivity index is 2.70. The summed E-state index contributed by atoms with van der Waals surface area (Å²) in [5, 5.41) is 9.72. The standard InChI is InChI=1S/C11H18O5/c1-11(2)6(8(12)10(14)16-4)5-7(11)9(13)15-3/h6-8,12H,5H2,1-4H3/t6-,7-,8-/m1/s1. The van der Waals surface area contributed by atoms with Crippen molar-refractivity contribution in [3.63, 3.8) is 0 Å². The van der Waals surface area contributed by atoms with Gasteiger partial charge in [0.05, 0.1) is 20.1 Å². The van der Waals surface area contributed by atoms with Crippen molar-refractivity contribution in [2.45, 2.75) is 26.4 Å². The van der Waals surface area contributed by atoms with Gasteiger partial charge in [-0.1, -0.05) is 13.8 Å². The molecule has 0 unspecified atom stereocenters. The van der Waals surface area contributed by atoms with Gasteiger partial charge in [0.2, 0.25) is 0 Å². The van der Waals surface area contributed by atoms with E-state index in [1.54, 1.807) is 0 Å². The molecular formula is C11H18O5. The monoisotopic (exact) mass is 230 g/mol. The van der Waals surface area contributed by atoms with Gasteiger partial charge in [0.15, 0.2) is 6.10 Å². The predicted molar refractivity (Wildman–Crippen MR) is 55.4 cm³/mol. The van der Waals surface area contributed by atoms with Gasteiger partial charge in [0, 0.05) is 5.92 Å². The Kier molecular flexibility index (Phi) is 3.57.